The van der Waals surface area contributed by atoms with E-state index in [0.717, 1.165) is 19.6 Å². The average molecular weight is 322 g/mol. The molecular formula is C16H22N2O3S. The maximum Gasteiger partial charge on any atom is 0.237 e. The molecule has 1 fully saturated rings. The smallest absolute Gasteiger partial charge is 0.237 e. The molecule has 0 radical (unpaired) electrons. The van der Waals surface area contributed by atoms with Crippen molar-refractivity contribution in [1.29, 1.82) is 0 Å². The topological polar surface area (TPSA) is 57.7 Å². The Labute approximate surface area is 132 Å². The number of sulfone groups is 1. The number of rotatable bonds is 6. The van der Waals surface area contributed by atoms with E-state index in [1.165, 1.54) is 11.6 Å². The summed E-state index contributed by atoms with van der Waals surface area (Å²) in [6, 6.07) is 10.2. The van der Waals surface area contributed by atoms with E-state index in [9.17, 15) is 13.2 Å². The molecule has 0 aromatic heterocycles. The zero-order valence-electron chi connectivity index (χ0n) is 12.6. The lowest BCUT2D eigenvalue weighted by molar-refractivity contribution is -0.130. The summed E-state index contributed by atoms with van der Waals surface area (Å²) in [7, 11) is -3.37. The summed E-state index contributed by atoms with van der Waals surface area (Å²) in [5, 5.41) is 0. The van der Waals surface area contributed by atoms with Gasteiger partial charge in [-0.3, -0.25) is 9.69 Å². The lowest BCUT2D eigenvalue weighted by Crippen LogP contribution is -2.49. The minimum atomic E-state index is -3.37. The highest BCUT2D eigenvalue weighted by Gasteiger charge is 2.24. The molecule has 1 aromatic rings. The second kappa shape index (κ2) is 7.56. The molecule has 0 bridgehead atoms. The van der Waals surface area contributed by atoms with Crippen LogP contribution in [0.3, 0.4) is 0 Å². The number of carbonyl (C=O) groups excluding carboxylic acids is 1. The largest absolute Gasteiger partial charge is 0.339 e. The van der Waals surface area contributed by atoms with E-state index in [4.69, 9.17) is 0 Å². The summed E-state index contributed by atoms with van der Waals surface area (Å²) < 4.78 is 23.3. The molecule has 1 aliphatic heterocycles. The summed E-state index contributed by atoms with van der Waals surface area (Å²) in [6.45, 7) is 6.95. The number of hydrogen-bond acceptors (Lipinski definition) is 4. The average Bonchev–Trinajstić information content (AvgIpc) is 2.48. The predicted octanol–water partition coefficient (Wildman–Crippen LogP) is 0.932. The first-order valence-electron chi connectivity index (χ1n) is 7.35. The van der Waals surface area contributed by atoms with Gasteiger partial charge < -0.3 is 4.90 Å². The van der Waals surface area contributed by atoms with Crippen molar-refractivity contribution in [3.8, 4) is 0 Å². The fraction of sp³-hybridized carbons (Fsp3) is 0.438. The molecular weight excluding hydrogens is 300 g/mol. The number of hydrogen-bond donors (Lipinski definition) is 0. The first-order valence-corrected chi connectivity index (χ1v) is 9.18. The van der Waals surface area contributed by atoms with Crippen LogP contribution in [0, 0.1) is 0 Å². The van der Waals surface area contributed by atoms with E-state index in [2.05, 4.69) is 23.6 Å². The molecule has 1 heterocycles. The standard InChI is InChI=1S/C16H22N2O3S/c1-2-12-22(20,21)14-16(19)18-10-8-17(9-11-18)13-15-6-4-3-5-7-15/h2-7H,1,8-14H2. The van der Waals surface area contributed by atoms with Gasteiger partial charge in [0.1, 0.15) is 5.75 Å². The molecule has 1 aliphatic rings. The van der Waals surface area contributed by atoms with Crippen LogP contribution in [0.15, 0.2) is 43.0 Å². The van der Waals surface area contributed by atoms with Crippen molar-refractivity contribution >= 4 is 15.7 Å². The molecule has 22 heavy (non-hydrogen) atoms. The molecule has 5 nitrogen and oxygen atoms in total. The van der Waals surface area contributed by atoms with Gasteiger partial charge in [-0.1, -0.05) is 36.4 Å². The Morgan fingerprint density at radius 1 is 1.14 bits per heavy atom. The first-order chi connectivity index (χ1) is 10.5. The molecule has 0 unspecified atom stereocenters. The van der Waals surface area contributed by atoms with Gasteiger partial charge in [-0.05, 0) is 5.56 Å². The van der Waals surface area contributed by atoms with Crippen LogP contribution in [0.4, 0.5) is 0 Å². The second-order valence-corrected chi connectivity index (χ2v) is 7.59. The van der Waals surface area contributed by atoms with Gasteiger partial charge >= 0.3 is 0 Å². The molecule has 0 saturated carbocycles. The van der Waals surface area contributed by atoms with E-state index >= 15 is 0 Å². The van der Waals surface area contributed by atoms with Crippen LogP contribution >= 0.6 is 0 Å². The number of nitrogens with zero attached hydrogens (tertiary/aromatic N) is 2. The van der Waals surface area contributed by atoms with E-state index in [-0.39, 0.29) is 11.7 Å². The second-order valence-electron chi connectivity index (χ2n) is 5.49. The van der Waals surface area contributed by atoms with Crippen molar-refractivity contribution in [2.24, 2.45) is 0 Å². The highest BCUT2D eigenvalue weighted by Crippen LogP contribution is 2.09. The Hall–Kier alpha value is -1.66. The summed E-state index contributed by atoms with van der Waals surface area (Å²) >= 11 is 0. The Bertz CT molecular complexity index is 606. The van der Waals surface area contributed by atoms with Gasteiger partial charge in [0.15, 0.2) is 9.84 Å². The van der Waals surface area contributed by atoms with Crippen LogP contribution in [0.5, 0.6) is 0 Å². The number of carbonyl (C=O) groups is 1. The van der Waals surface area contributed by atoms with Gasteiger partial charge in [0, 0.05) is 32.7 Å². The lowest BCUT2D eigenvalue weighted by Gasteiger charge is -2.34. The minimum absolute atomic E-state index is 0.146. The van der Waals surface area contributed by atoms with Crippen molar-refractivity contribution in [2.75, 3.05) is 37.7 Å². The Balaban J connectivity index is 1.82. The molecule has 1 saturated heterocycles. The third-order valence-electron chi connectivity index (χ3n) is 3.69. The van der Waals surface area contributed by atoms with Crippen molar-refractivity contribution in [2.45, 2.75) is 6.54 Å². The Morgan fingerprint density at radius 3 is 2.36 bits per heavy atom. The number of amides is 1. The van der Waals surface area contributed by atoms with E-state index in [1.807, 2.05) is 18.2 Å². The zero-order valence-corrected chi connectivity index (χ0v) is 13.5. The maximum atomic E-state index is 12.0. The first kappa shape index (κ1) is 16.7. The van der Waals surface area contributed by atoms with Gasteiger partial charge in [-0.25, -0.2) is 8.42 Å². The quantitative estimate of drug-likeness (QED) is 0.731. The number of benzene rings is 1. The molecule has 1 amide bonds. The van der Waals surface area contributed by atoms with Gasteiger partial charge in [-0.2, -0.15) is 0 Å². The van der Waals surface area contributed by atoms with E-state index in [1.54, 1.807) is 4.90 Å². The highest BCUT2D eigenvalue weighted by molar-refractivity contribution is 7.92. The summed E-state index contributed by atoms with van der Waals surface area (Å²) in [4.78, 5) is 16.0. The van der Waals surface area contributed by atoms with Crippen molar-refractivity contribution in [3.05, 3.63) is 48.6 Å². The Kier molecular flexibility index (Phi) is 5.74. The van der Waals surface area contributed by atoms with Gasteiger partial charge in [0.05, 0.1) is 5.75 Å². The van der Waals surface area contributed by atoms with Gasteiger partial charge in [-0.15, -0.1) is 6.58 Å². The SMILES string of the molecule is C=CCS(=O)(=O)CC(=O)N1CCN(Cc2ccccc2)CC1. The molecule has 120 valence electrons. The van der Waals surface area contributed by atoms with Crippen LogP contribution in [0.2, 0.25) is 0 Å². The predicted molar refractivity (Wildman–Crippen MR) is 87.1 cm³/mol. The van der Waals surface area contributed by atoms with Crippen LogP contribution in [0.25, 0.3) is 0 Å². The zero-order chi connectivity index (χ0) is 16.0. The molecule has 6 heteroatoms. The molecule has 0 spiro atoms. The van der Waals surface area contributed by atoms with Crippen molar-refractivity contribution < 1.29 is 13.2 Å². The summed E-state index contributed by atoms with van der Waals surface area (Å²) in [5.74, 6) is -0.869. The third-order valence-corrected chi connectivity index (χ3v) is 5.12. The monoisotopic (exact) mass is 322 g/mol. The molecule has 1 aromatic carbocycles. The Morgan fingerprint density at radius 2 is 1.77 bits per heavy atom. The van der Waals surface area contributed by atoms with Crippen molar-refractivity contribution in [3.63, 3.8) is 0 Å². The van der Waals surface area contributed by atoms with Gasteiger partial charge in [0.25, 0.3) is 0 Å². The molecule has 0 aliphatic carbocycles. The highest BCUT2D eigenvalue weighted by atomic mass is 32.2. The minimum Gasteiger partial charge on any atom is -0.339 e. The van der Waals surface area contributed by atoms with Crippen LogP contribution < -0.4 is 0 Å². The summed E-state index contributed by atoms with van der Waals surface area (Å²) in [6.07, 6.45) is 1.32. The van der Waals surface area contributed by atoms with Gasteiger partial charge in [0.2, 0.25) is 5.91 Å². The fourth-order valence-electron chi connectivity index (χ4n) is 2.51. The molecule has 0 N–H and O–H groups in total. The van der Waals surface area contributed by atoms with Crippen LogP contribution in [-0.4, -0.2) is 61.8 Å². The van der Waals surface area contributed by atoms with Crippen molar-refractivity contribution in [1.82, 2.24) is 9.80 Å². The van der Waals surface area contributed by atoms with E-state index in [0.29, 0.717) is 13.1 Å². The molecule has 0 atom stereocenters. The normalized spacial score (nSPS) is 16.5. The third kappa shape index (κ3) is 4.96. The molecule has 2 rings (SSSR count). The van der Waals surface area contributed by atoms with E-state index < -0.39 is 15.6 Å². The van der Waals surface area contributed by atoms with Crippen LogP contribution in [-0.2, 0) is 21.2 Å². The van der Waals surface area contributed by atoms with Crippen LogP contribution in [0.1, 0.15) is 5.56 Å². The lowest BCUT2D eigenvalue weighted by atomic mass is 10.2. The number of piperazine rings is 1. The maximum absolute atomic E-state index is 12.0. The fourth-order valence-corrected chi connectivity index (χ4v) is 3.55. The summed E-state index contributed by atoms with van der Waals surface area (Å²) in [5.41, 5.74) is 1.25.